The molecule has 0 radical (unpaired) electrons. The molecule has 1 amide bonds. The number of nitrogens with two attached hydrogens (primary N) is 1. The van der Waals surface area contributed by atoms with E-state index in [1.165, 1.54) is 0 Å². The third kappa shape index (κ3) is 4.06. The second kappa shape index (κ2) is 7.19. The van der Waals surface area contributed by atoms with E-state index in [4.69, 9.17) is 10.2 Å². The van der Waals surface area contributed by atoms with Crippen LogP contribution in [0.3, 0.4) is 0 Å². The lowest BCUT2D eigenvalue weighted by molar-refractivity contribution is 0.0695. The van der Waals surface area contributed by atoms with Crippen LogP contribution in [0, 0.1) is 0 Å². The molecule has 0 bridgehead atoms. The monoisotopic (exact) mass is 370 g/mol. The average Bonchev–Trinajstić information content (AvgIpc) is 3.22. The molecule has 2 aromatic rings. The summed E-state index contributed by atoms with van der Waals surface area (Å²) in [7, 11) is 0. The highest BCUT2D eigenvalue weighted by molar-refractivity contribution is 5.90. The SMILES string of the molecule is CC(C)(C)c1oc(C(N)=O)cc1CN1CC[C@H](c2ccccc2C(=O)O)C1. The molecule has 3 N–H and O–H groups in total. The van der Waals surface area contributed by atoms with Gasteiger partial charge in [0.2, 0.25) is 0 Å². The standard InChI is InChI=1S/C21H26N2O4/c1-21(2,3)18-14(10-17(27-18)19(22)24)12-23-9-8-13(11-23)15-6-4-5-7-16(15)20(25)26/h4-7,10,13H,8-9,11-12H2,1-3H3,(H2,22,24)(H,25,26)/t13-/m0/s1. The van der Waals surface area contributed by atoms with Crippen molar-refractivity contribution < 1.29 is 19.1 Å². The van der Waals surface area contributed by atoms with Crippen LogP contribution in [-0.2, 0) is 12.0 Å². The van der Waals surface area contributed by atoms with Gasteiger partial charge >= 0.3 is 5.97 Å². The zero-order chi connectivity index (χ0) is 19.8. The molecule has 1 fully saturated rings. The lowest BCUT2D eigenvalue weighted by Gasteiger charge is -2.21. The Morgan fingerprint density at radius 2 is 2.00 bits per heavy atom. The Morgan fingerprint density at radius 3 is 2.63 bits per heavy atom. The summed E-state index contributed by atoms with van der Waals surface area (Å²) in [5.41, 5.74) is 7.37. The van der Waals surface area contributed by atoms with Crippen molar-refractivity contribution in [1.82, 2.24) is 4.90 Å². The van der Waals surface area contributed by atoms with E-state index in [9.17, 15) is 14.7 Å². The van der Waals surface area contributed by atoms with Crippen LogP contribution in [0.5, 0.6) is 0 Å². The van der Waals surface area contributed by atoms with Gasteiger partial charge in [0.05, 0.1) is 5.56 Å². The molecule has 2 heterocycles. The first-order chi connectivity index (χ1) is 12.7. The van der Waals surface area contributed by atoms with Gasteiger partial charge in [-0.05, 0) is 36.6 Å². The summed E-state index contributed by atoms with van der Waals surface area (Å²) in [4.78, 5) is 25.3. The number of carbonyl (C=O) groups is 2. The molecular weight excluding hydrogens is 344 g/mol. The highest BCUT2D eigenvalue weighted by Crippen LogP contribution is 2.34. The second-order valence-electron chi connectivity index (χ2n) is 8.19. The third-order valence-corrected chi connectivity index (χ3v) is 5.03. The fourth-order valence-electron chi connectivity index (χ4n) is 3.82. The first-order valence-electron chi connectivity index (χ1n) is 9.14. The number of amides is 1. The summed E-state index contributed by atoms with van der Waals surface area (Å²) in [6, 6.07) is 8.94. The Morgan fingerprint density at radius 1 is 1.30 bits per heavy atom. The molecule has 1 atom stereocenters. The topological polar surface area (TPSA) is 96.8 Å². The third-order valence-electron chi connectivity index (χ3n) is 5.03. The number of benzene rings is 1. The van der Waals surface area contributed by atoms with Crippen LogP contribution in [-0.4, -0.2) is 35.0 Å². The first kappa shape index (κ1) is 19.2. The molecule has 144 valence electrons. The second-order valence-corrected chi connectivity index (χ2v) is 8.19. The zero-order valence-electron chi connectivity index (χ0n) is 16.0. The van der Waals surface area contributed by atoms with Crippen molar-refractivity contribution in [1.29, 1.82) is 0 Å². The minimum absolute atomic E-state index is 0.179. The molecule has 3 rings (SSSR count). The fraction of sp³-hybridized carbons (Fsp3) is 0.429. The maximum atomic E-state index is 11.5. The van der Waals surface area contributed by atoms with E-state index in [0.717, 1.165) is 36.4 Å². The number of rotatable bonds is 5. The van der Waals surface area contributed by atoms with Gasteiger partial charge in [-0.25, -0.2) is 4.79 Å². The van der Waals surface area contributed by atoms with Gasteiger partial charge in [0, 0.05) is 24.1 Å². The number of hydrogen-bond acceptors (Lipinski definition) is 4. The van der Waals surface area contributed by atoms with E-state index >= 15 is 0 Å². The molecule has 1 aliphatic rings. The summed E-state index contributed by atoms with van der Waals surface area (Å²) < 4.78 is 5.73. The minimum Gasteiger partial charge on any atom is -0.478 e. The van der Waals surface area contributed by atoms with Gasteiger partial charge in [-0.3, -0.25) is 9.69 Å². The Hall–Kier alpha value is -2.60. The number of carbonyl (C=O) groups excluding carboxylic acids is 1. The molecule has 0 aliphatic carbocycles. The molecule has 27 heavy (non-hydrogen) atoms. The van der Waals surface area contributed by atoms with Crippen molar-refractivity contribution in [2.45, 2.75) is 45.1 Å². The summed E-state index contributed by atoms with van der Waals surface area (Å²) in [5, 5.41) is 9.44. The molecule has 0 spiro atoms. The molecule has 1 saturated heterocycles. The quantitative estimate of drug-likeness (QED) is 0.841. The number of nitrogens with zero attached hydrogens (tertiary/aromatic N) is 1. The van der Waals surface area contributed by atoms with Crippen LogP contribution in [0.25, 0.3) is 0 Å². The number of furan rings is 1. The molecule has 1 aromatic carbocycles. The summed E-state index contributed by atoms with van der Waals surface area (Å²) in [6.07, 6.45) is 0.898. The van der Waals surface area contributed by atoms with E-state index < -0.39 is 11.9 Å². The molecule has 6 nitrogen and oxygen atoms in total. The highest BCUT2D eigenvalue weighted by Gasteiger charge is 2.30. The van der Waals surface area contributed by atoms with Crippen molar-refractivity contribution in [2.75, 3.05) is 13.1 Å². The summed E-state index contributed by atoms with van der Waals surface area (Å²) >= 11 is 0. The predicted octanol–water partition coefficient (Wildman–Crippen LogP) is 3.36. The van der Waals surface area contributed by atoms with E-state index in [1.54, 1.807) is 18.2 Å². The molecule has 1 aromatic heterocycles. The Kier molecular flexibility index (Phi) is 5.11. The van der Waals surface area contributed by atoms with E-state index in [2.05, 4.69) is 4.90 Å². The molecule has 6 heteroatoms. The Balaban J connectivity index is 1.80. The van der Waals surface area contributed by atoms with Crippen molar-refractivity contribution in [3.63, 3.8) is 0 Å². The smallest absolute Gasteiger partial charge is 0.335 e. The Bertz CT molecular complexity index is 863. The molecular formula is C21H26N2O4. The van der Waals surface area contributed by atoms with Gasteiger partial charge in [0.25, 0.3) is 5.91 Å². The van der Waals surface area contributed by atoms with Gasteiger partial charge in [-0.2, -0.15) is 0 Å². The van der Waals surface area contributed by atoms with Gasteiger partial charge in [-0.1, -0.05) is 39.0 Å². The molecule has 0 unspecified atom stereocenters. The predicted molar refractivity (Wildman–Crippen MR) is 102 cm³/mol. The minimum atomic E-state index is -0.889. The van der Waals surface area contributed by atoms with E-state index in [0.29, 0.717) is 12.1 Å². The highest BCUT2D eigenvalue weighted by atomic mass is 16.4. The zero-order valence-corrected chi connectivity index (χ0v) is 16.0. The van der Waals surface area contributed by atoms with Gasteiger partial charge in [0.1, 0.15) is 5.76 Å². The number of primary amides is 1. The molecule has 0 saturated carbocycles. The fourth-order valence-corrected chi connectivity index (χ4v) is 3.82. The van der Waals surface area contributed by atoms with Crippen LogP contribution in [0.4, 0.5) is 0 Å². The van der Waals surface area contributed by atoms with Crippen LogP contribution in [0.15, 0.2) is 34.7 Å². The lowest BCUT2D eigenvalue weighted by atomic mass is 9.90. The number of aromatic carboxylic acids is 1. The van der Waals surface area contributed by atoms with Crippen molar-refractivity contribution in [3.8, 4) is 0 Å². The maximum absolute atomic E-state index is 11.5. The van der Waals surface area contributed by atoms with Gasteiger partial charge < -0.3 is 15.3 Å². The normalized spacial score (nSPS) is 18.0. The number of likely N-dealkylation sites (tertiary alicyclic amines) is 1. The molecule has 1 aliphatic heterocycles. The first-order valence-corrected chi connectivity index (χ1v) is 9.14. The van der Waals surface area contributed by atoms with Gasteiger partial charge in [0.15, 0.2) is 5.76 Å². The maximum Gasteiger partial charge on any atom is 0.335 e. The number of hydrogen-bond donors (Lipinski definition) is 2. The van der Waals surface area contributed by atoms with Crippen molar-refractivity contribution >= 4 is 11.9 Å². The van der Waals surface area contributed by atoms with Gasteiger partial charge in [-0.15, -0.1) is 0 Å². The Labute approximate surface area is 159 Å². The summed E-state index contributed by atoms with van der Waals surface area (Å²) in [6.45, 7) is 8.39. The van der Waals surface area contributed by atoms with Crippen molar-refractivity contribution in [3.05, 3.63) is 58.5 Å². The lowest BCUT2D eigenvalue weighted by Crippen LogP contribution is -2.22. The largest absolute Gasteiger partial charge is 0.478 e. The van der Waals surface area contributed by atoms with Crippen LogP contribution >= 0.6 is 0 Å². The summed E-state index contributed by atoms with van der Waals surface area (Å²) in [5.74, 6) is -0.327. The number of carboxylic acid groups (broad SMARTS) is 1. The van der Waals surface area contributed by atoms with E-state index in [1.807, 2.05) is 32.9 Å². The van der Waals surface area contributed by atoms with Crippen molar-refractivity contribution in [2.24, 2.45) is 5.73 Å². The number of carboxylic acids is 1. The average molecular weight is 370 g/mol. The van der Waals surface area contributed by atoms with Crippen LogP contribution in [0.2, 0.25) is 0 Å². The van der Waals surface area contributed by atoms with Crippen LogP contribution in [0.1, 0.15) is 70.9 Å². The van der Waals surface area contributed by atoms with Crippen LogP contribution < -0.4 is 5.73 Å². The van der Waals surface area contributed by atoms with E-state index in [-0.39, 0.29) is 17.1 Å².